The van der Waals surface area contributed by atoms with Gasteiger partial charge < -0.3 is 14.6 Å². The fourth-order valence-corrected chi connectivity index (χ4v) is 3.38. The van der Waals surface area contributed by atoms with E-state index in [0.717, 1.165) is 25.3 Å². The van der Waals surface area contributed by atoms with E-state index in [9.17, 15) is 0 Å². The molecular formula is C13H21N3O. The topological polar surface area (TPSA) is 39.1 Å². The number of ether oxygens (including phenoxy) is 1. The number of imidazole rings is 1. The van der Waals surface area contributed by atoms with Crippen LogP contribution in [0, 0.1) is 6.92 Å². The Kier molecular flexibility index (Phi) is 2.92. The number of nitrogens with one attached hydrogen (secondary N) is 1. The number of rotatable bonds is 2. The second-order valence-electron chi connectivity index (χ2n) is 5.12. The Hall–Kier alpha value is -0.870. The van der Waals surface area contributed by atoms with Crippen LogP contribution in [-0.2, 0) is 17.7 Å². The van der Waals surface area contributed by atoms with Gasteiger partial charge in [0.25, 0.3) is 0 Å². The van der Waals surface area contributed by atoms with Gasteiger partial charge in [0.15, 0.2) is 0 Å². The molecule has 1 saturated carbocycles. The molecule has 94 valence electrons. The number of fused-ring (bicyclic) bond motifs is 1. The predicted octanol–water partition coefficient (Wildman–Crippen LogP) is 1.58. The van der Waals surface area contributed by atoms with Crippen molar-refractivity contribution in [2.75, 3.05) is 13.7 Å². The fourth-order valence-electron chi connectivity index (χ4n) is 3.38. The molecule has 1 aliphatic heterocycles. The van der Waals surface area contributed by atoms with Crippen LogP contribution < -0.4 is 5.32 Å². The highest BCUT2D eigenvalue weighted by molar-refractivity contribution is 5.21. The molecule has 2 heterocycles. The van der Waals surface area contributed by atoms with Crippen molar-refractivity contribution in [2.24, 2.45) is 0 Å². The van der Waals surface area contributed by atoms with E-state index in [1.54, 1.807) is 0 Å². The average molecular weight is 235 g/mol. The Morgan fingerprint density at radius 3 is 3.12 bits per heavy atom. The number of hydrogen-bond acceptors (Lipinski definition) is 3. The molecule has 0 bridgehead atoms. The van der Waals surface area contributed by atoms with Crippen molar-refractivity contribution in [1.29, 1.82) is 0 Å². The highest BCUT2D eigenvalue weighted by Gasteiger charge is 2.32. The zero-order valence-corrected chi connectivity index (χ0v) is 10.7. The van der Waals surface area contributed by atoms with Crippen molar-refractivity contribution in [3.8, 4) is 0 Å². The lowest BCUT2D eigenvalue weighted by atomic mass is 10.1. The highest BCUT2D eigenvalue weighted by Crippen LogP contribution is 2.35. The first kappa shape index (κ1) is 11.2. The largest absolute Gasteiger partial charge is 0.379 e. The molecule has 4 heteroatoms. The van der Waals surface area contributed by atoms with E-state index in [-0.39, 0.29) is 0 Å². The Labute approximate surface area is 102 Å². The first-order valence-electron chi connectivity index (χ1n) is 6.61. The SMILES string of the molecule is COC1CCCC1n1c(C)nc2c1CCNC2. The van der Waals surface area contributed by atoms with Crippen molar-refractivity contribution in [2.45, 2.75) is 51.3 Å². The van der Waals surface area contributed by atoms with Gasteiger partial charge in [0, 0.05) is 32.3 Å². The van der Waals surface area contributed by atoms with Gasteiger partial charge in [-0.25, -0.2) is 4.98 Å². The molecule has 0 radical (unpaired) electrons. The van der Waals surface area contributed by atoms with Crippen LogP contribution in [-0.4, -0.2) is 29.3 Å². The Balaban J connectivity index is 1.99. The van der Waals surface area contributed by atoms with E-state index >= 15 is 0 Å². The van der Waals surface area contributed by atoms with Crippen LogP contribution in [0.2, 0.25) is 0 Å². The minimum atomic E-state index is 0.377. The zero-order valence-electron chi connectivity index (χ0n) is 10.7. The van der Waals surface area contributed by atoms with Gasteiger partial charge in [-0.3, -0.25) is 0 Å². The molecule has 4 nitrogen and oxygen atoms in total. The summed E-state index contributed by atoms with van der Waals surface area (Å²) in [5.74, 6) is 1.16. The average Bonchev–Trinajstić information content (AvgIpc) is 2.90. The number of nitrogens with zero attached hydrogens (tertiary/aromatic N) is 2. The first-order chi connectivity index (χ1) is 8.31. The van der Waals surface area contributed by atoms with Crippen LogP contribution >= 0.6 is 0 Å². The summed E-state index contributed by atoms with van der Waals surface area (Å²) in [7, 11) is 1.84. The summed E-state index contributed by atoms with van der Waals surface area (Å²) in [5.41, 5.74) is 2.69. The van der Waals surface area contributed by atoms with Gasteiger partial charge in [-0.05, 0) is 26.2 Å². The van der Waals surface area contributed by atoms with Crippen molar-refractivity contribution in [1.82, 2.24) is 14.9 Å². The number of hydrogen-bond donors (Lipinski definition) is 1. The monoisotopic (exact) mass is 235 g/mol. The normalized spacial score (nSPS) is 28.4. The van der Waals surface area contributed by atoms with Gasteiger partial charge in [0.1, 0.15) is 5.82 Å². The molecule has 2 unspecified atom stereocenters. The molecule has 0 aromatic carbocycles. The highest BCUT2D eigenvalue weighted by atomic mass is 16.5. The third kappa shape index (κ3) is 1.79. The maximum Gasteiger partial charge on any atom is 0.106 e. The Morgan fingerprint density at radius 1 is 1.41 bits per heavy atom. The summed E-state index contributed by atoms with van der Waals surface area (Å²) in [5, 5.41) is 3.39. The molecule has 1 aliphatic carbocycles. The molecule has 0 amide bonds. The van der Waals surface area contributed by atoms with Crippen molar-refractivity contribution in [3.63, 3.8) is 0 Å². The lowest BCUT2D eigenvalue weighted by Crippen LogP contribution is -2.28. The Bertz CT molecular complexity index is 413. The van der Waals surface area contributed by atoms with Crippen LogP contribution in [0.5, 0.6) is 0 Å². The van der Waals surface area contributed by atoms with Crippen LogP contribution in [0.25, 0.3) is 0 Å². The van der Waals surface area contributed by atoms with E-state index in [1.165, 1.54) is 30.7 Å². The summed E-state index contributed by atoms with van der Waals surface area (Å²) in [6.07, 6.45) is 5.17. The van der Waals surface area contributed by atoms with Crippen LogP contribution in [0.4, 0.5) is 0 Å². The van der Waals surface area contributed by atoms with Gasteiger partial charge in [-0.2, -0.15) is 0 Å². The summed E-state index contributed by atoms with van der Waals surface area (Å²) in [4.78, 5) is 4.71. The molecule has 0 saturated heterocycles. The second-order valence-corrected chi connectivity index (χ2v) is 5.12. The zero-order chi connectivity index (χ0) is 11.8. The number of aryl methyl sites for hydroxylation is 1. The van der Waals surface area contributed by atoms with Gasteiger partial charge in [0.05, 0.1) is 17.8 Å². The smallest absolute Gasteiger partial charge is 0.106 e. The molecule has 2 atom stereocenters. The maximum absolute atomic E-state index is 5.63. The molecule has 3 rings (SSSR count). The lowest BCUT2D eigenvalue weighted by Gasteiger charge is -2.25. The molecule has 1 aromatic heterocycles. The minimum Gasteiger partial charge on any atom is -0.379 e. The summed E-state index contributed by atoms with van der Waals surface area (Å²) < 4.78 is 8.09. The number of methoxy groups -OCH3 is 1. The second kappa shape index (κ2) is 4.42. The minimum absolute atomic E-state index is 0.377. The van der Waals surface area contributed by atoms with E-state index < -0.39 is 0 Å². The summed E-state index contributed by atoms with van der Waals surface area (Å²) >= 11 is 0. The molecule has 17 heavy (non-hydrogen) atoms. The molecule has 1 aromatic rings. The van der Waals surface area contributed by atoms with Crippen molar-refractivity contribution in [3.05, 3.63) is 17.2 Å². The van der Waals surface area contributed by atoms with E-state index in [0.29, 0.717) is 12.1 Å². The maximum atomic E-state index is 5.63. The Morgan fingerprint density at radius 2 is 2.29 bits per heavy atom. The van der Waals surface area contributed by atoms with Gasteiger partial charge >= 0.3 is 0 Å². The molecular weight excluding hydrogens is 214 g/mol. The molecule has 0 spiro atoms. The summed E-state index contributed by atoms with van der Waals surface area (Å²) in [6.45, 7) is 4.12. The van der Waals surface area contributed by atoms with Crippen LogP contribution in [0.15, 0.2) is 0 Å². The van der Waals surface area contributed by atoms with Gasteiger partial charge in [-0.15, -0.1) is 0 Å². The van der Waals surface area contributed by atoms with Crippen molar-refractivity contribution >= 4 is 0 Å². The van der Waals surface area contributed by atoms with E-state index in [1.807, 2.05) is 7.11 Å². The summed E-state index contributed by atoms with van der Waals surface area (Å²) in [6, 6.07) is 0.509. The first-order valence-corrected chi connectivity index (χ1v) is 6.61. The molecule has 1 N–H and O–H groups in total. The third-order valence-corrected chi connectivity index (χ3v) is 4.15. The molecule has 2 aliphatic rings. The van der Waals surface area contributed by atoms with Crippen LogP contribution in [0.3, 0.4) is 0 Å². The number of aromatic nitrogens is 2. The van der Waals surface area contributed by atoms with Gasteiger partial charge in [0.2, 0.25) is 0 Å². The quantitative estimate of drug-likeness (QED) is 0.846. The predicted molar refractivity (Wildman–Crippen MR) is 66.1 cm³/mol. The van der Waals surface area contributed by atoms with E-state index in [4.69, 9.17) is 9.72 Å². The lowest BCUT2D eigenvalue weighted by molar-refractivity contribution is 0.0733. The van der Waals surface area contributed by atoms with Crippen LogP contribution in [0.1, 0.15) is 42.5 Å². The van der Waals surface area contributed by atoms with E-state index in [2.05, 4.69) is 16.8 Å². The standard InChI is InChI=1S/C13H21N3O/c1-9-15-10-8-14-7-6-11(10)16(9)12-4-3-5-13(12)17-2/h12-14H,3-8H2,1-2H3. The fraction of sp³-hybridized carbons (Fsp3) is 0.769. The third-order valence-electron chi connectivity index (χ3n) is 4.15. The van der Waals surface area contributed by atoms with Gasteiger partial charge in [-0.1, -0.05) is 0 Å². The van der Waals surface area contributed by atoms with Crippen molar-refractivity contribution < 1.29 is 4.74 Å². The molecule has 1 fully saturated rings.